The van der Waals surface area contributed by atoms with Gasteiger partial charge in [-0.15, -0.1) is 24.0 Å². The Kier molecular flexibility index (Phi) is 11.8. The molecule has 0 aliphatic carbocycles. The molecule has 0 aromatic heterocycles. The second kappa shape index (κ2) is 12.3. The number of amides is 1. The summed E-state index contributed by atoms with van der Waals surface area (Å²) < 4.78 is 5.10. The van der Waals surface area contributed by atoms with E-state index < -0.39 is 0 Å². The van der Waals surface area contributed by atoms with Gasteiger partial charge >= 0.3 is 5.97 Å². The lowest BCUT2D eigenvalue weighted by Crippen LogP contribution is -2.45. The van der Waals surface area contributed by atoms with E-state index in [1.807, 2.05) is 39.5 Å². The van der Waals surface area contributed by atoms with Crippen molar-refractivity contribution >= 4 is 41.8 Å². The Morgan fingerprint density at radius 3 is 2.52 bits per heavy atom. The fraction of sp³-hybridized carbons (Fsp3) is 0.824. The van der Waals surface area contributed by atoms with Crippen molar-refractivity contribution in [3.05, 3.63) is 0 Å². The maximum Gasteiger partial charge on any atom is 0.307 e. The number of halogens is 1. The van der Waals surface area contributed by atoms with Gasteiger partial charge in [-0.3, -0.25) is 14.6 Å². The van der Waals surface area contributed by atoms with Crippen LogP contribution in [0, 0.1) is 5.92 Å². The van der Waals surface area contributed by atoms with Crippen LogP contribution in [0.3, 0.4) is 0 Å². The Bertz CT molecular complexity index is 455. The number of aliphatic imine (C=N–C) groups is 1. The second-order valence-corrected chi connectivity index (χ2v) is 6.62. The van der Waals surface area contributed by atoms with E-state index in [1.54, 1.807) is 0 Å². The average Bonchev–Trinajstić information content (AvgIpc) is 2.94. The van der Waals surface area contributed by atoms with Crippen LogP contribution < -0.4 is 10.6 Å². The molecule has 1 fully saturated rings. The van der Waals surface area contributed by atoms with Crippen molar-refractivity contribution in [2.24, 2.45) is 10.9 Å². The van der Waals surface area contributed by atoms with E-state index in [1.165, 1.54) is 0 Å². The molecule has 1 atom stereocenters. The molecule has 1 rings (SSSR count). The minimum Gasteiger partial charge on any atom is -0.463 e. The first kappa shape index (κ1) is 23.9. The lowest BCUT2D eigenvalue weighted by molar-refractivity contribution is -0.147. The second-order valence-electron chi connectivity index (χ2n) is 6.62. The fourth-order valence-corrected chi connectivity index (χ4v) is 2.54. The van der Waals surface area contributed by atoms with Crippen LogP contribution >= 0.6 is 24.0 Å². The molecule has 7 nitrogen and oxygen atoms in total. The van der Waals surface area contributed by atoms with Crippen LogP contribution in [0.5, 0.6) is 0 Å². The van der Waals surface area contributed by atoms with Crippen molar-refractivity contribution in [1.29, 1.82) is 0 Å². The summed E-state index contributed by atoms with van der Waals surface area (Å²) in [5.41, 5.74) is 0. The molecule has 1 heterocycles. The van der Waals surface area contributed by atoms with Crippen molar-refractivity contribution < 1.29 is 14.3 Å². The molecule has 146 valence electrons. The van der Waals surface area contributed by atoms with Crippen LogP contribution in [-0.2, 0) is 14.3 Å². The molecule has 1 unspecified atom stereocenters. The molecule has 0 spiro atoms. The van der Waals surface area contributed by atoms with E-state index in [-0.39, 0.29) is 60.3 Å². The number of likely N-dealkylation sites (tertiary alicyclic amines) is 1. The largest absolute Gasteiger partial charge is 0.463 e. The third-order valence-electron chi connectivity index (χ3n) is 3.63. The summed E-state index contributed by atoms with van der Waals surface area (Å²) in [6, 6.07) is 0.188. The average molecular weight is 468 g/mol. The topological polar surface area (TPSA) is 83.0 Å². The fourth-order valence-electron chi connectivity index (χ4n) is 2.54. The van der Waals surface area contributed by atoms with Gasteiger partial charge in [0.15, 0.2) is 5.96 Å². The van der Waals surface area contributed by atoms with Crippen molar-refractivity contribution in [2.75, 3.05) is 26.2 Å². The number of hydrogen-bond acceptors (Lipinski definition) is 4. The summed E-state index contributed by atoms with van der Waals surface area (Å²) >= 11 is 0. The third kappa shape index (κ3) is 9.27. The highest BCUT2D eigenvalue weighted by molar-refractivity contribution is 14.0. The van der Waals surface area contributed by atoms with Gasteiger partial charge in [0.1, 0.15) is 0 Å². The maximum absolute atomic E-state index is 12.0. The van der Waals surface area contributed by atoms with E-state index in [4.69, 9.17) is 4.74 Å². The molecule has 0 aromatic rings. The van der Waals surface area contributed by atoms with Crippen LogP contribution in [0.4, 0.5) is 0 Å². The molecule has 0 aromatic carbocycles. The highest BCUT2D eigenvalue weighted by atomic mass is 127. The molecule has 1 saturated heterocycles. The highest BCUT2D eigenvalue weighted by Gasteiger charge is 2.27. The van der Waals surface area contributed by atoms with Crippen LogP contribution in [0.1, 0.15) is 47.5 Å². The third-order valence-corrected chi connectivity index (χ3v) is 3.63. The molecule has 8 heteroatoms. The first-order valence-electron chi connectivity index (χ1n) is 8.86. The SMILES string of the molecule is CCNC(=NCCC(=O)OC(C)C)NC1CCN(C(=O)C(C)C)C1.I. The Morgan fingerprint density at radius 1 is 1.28 bits per heavy atom. The van der Waals surface area contributed by atoms with Gasteiger partial charge in [-0.1, -0.05) is 13.8 Å². The predicted octanol–water partition coefficient (Wildman–Crippen LogP) is 1.76. The first-order chi connectivity index (χ1) is 11.3. The van der Waals surface area contributed by atoms with Crippen molar-refractivity contribution in [1.82, 2.24) is 15.5 Å². The Morgan fingerprint density at radius 2 is 1.96 bits per heavy atom. The normalized spacial score (nSPS) is 17.5. The summed E-state index contributed by atoms with van der Waals surface area (Å²) in [5.74, 6) is 0.660. The molecule has 1 aliphatic rings. The number of rotatable bonds is 7. The highest BCUT2D eigenvalue weighted by Crippen LogP contribution is 2.12. The van der Waals surface area contributed by atoms with Crippen LogP contribution in [0.2, 0.25) is 0 Å². The van der Waals surface area contributed by atoms with Crippen molar-refractivity contribution in [3.8, 4) is 0 Å². The lowest BCUT2D eigenvalue weighted by atomic mass is 10.2. The summed E-state index contributed by atoms with van der Waals surface area (Å²) in [5, 5.41) is 6.52. The molecule has 0 saturated carbocycles. The minimum absolute atomic E-state index is 0. The molecule has 2 N–H and O–H groups in total. The summed E-state index contributed by atoms with van der Waals surface area (Å²) in [6.07, 6.45) is 1.06. The number of esters is 1. The van der Waals surface area contributed by atoms with Crippen LogP contribution in [0.25, 0.3) is 0 Å². The molecule has 1 aliphatic heterocycles. The molecule has 0 radical (unpaired) electrons. The molecule has 0 bridgehead atoms. The Balaban J connectivity index is 0.00000576. The number of carbonyl (C=O) groups is 2. The number of nitrogens with one attached hydrogen (secondary N) is 2. The molecule has 1 amide bonds. The van der Waals surface area contributed by atoms with Gasteiger partial charge in [0.2, 0.25) is 5.91 Å². The quantitative estimate of drug-likeness (QED) is 0.258. The predicted molar refractivity (Wildman–Crippen MR) is 110 cm³/mol. The van der Waals surface area contributed by atoms with Gasteiger partial charge in [-0.05, 0) is 27.2 Å². The maximum atomic E-state index is 12.0. The zero-order valence-electron chi connectivity index (χ0n) is 16.0. The van der Waals surface area contributed by atoms with Crippen LogP contribution in [-0.4, -0.2) is 61.1 Å². The van der Waals surface area contributed by atoms with Gasteiger partial charge in [0.25, 0.3) is 0 Å². The smallest absolute Gasteiger partial charge is 0.307 e. The first-order valence-corrected chi connectivity index (χ1v) is 8.86. The summed E-state index contributed by atoms with van der Waals surface area (Å²) in [7, 11) is 0. The van der Waals surface area contributed by atoms with Crippen molar-refractivity contribution in [2.45, 2.75) is 59.6 Å². The molecular formula is C17H33IN4O3. The number of carbonyl (C=O) groups excluding carboxylic acids is 2. The molecule has 25 heavy (non-hydrogen) atoms. The van der Waals surface area contributed by atoms with E-state index in [0.717, 1.165) is 19.5 Å². The van der Waals surface area contributed by atoms with Gasteiger partial charge in [-0.2, -0.15) is 0 Å². The van der Waals surface area contributed by atoms with E-state index >= 15 is 0 Å². The number of nitrogens with zero attached hydrogens (tertiary/aromatic N) is 2. The number of guanidine groups is 1. The zero-order chi connectivity index (χ0) is 18.1. The Labute approximate surface area is 168 Å². The van der Waals surface area contributed by atoms with E-state index in [2.05, 4.69) is 15.6 Å². The Hall–Kier alpha value is -1.06. The number of hydrogen-bond donors (Lipinski definition) is 2. The number of ether oxygens (including phenoxy) is 1. The lowest BCUT2D eigenvalue weighted by Gasteiger charge is -2.20. The van der Waals surface area contributed by atoms with Gasteiger partial charge in [0.05, 0.1) is 19.1 Å². The van der Waals surface area contributed by atoms with Gasteiger partial charge in [-0.25, -0.2) is 0 Å². The van der Waals surface area contributed by atoms with Gasteiger partial charge < -0.3 is 20.3 Å². The monoisotopic (exact) mass is 468 g/mol. The zero-order valence-corrected chi connectivity index (χ0v) is 18.3. The van der Waals surface area contributed by atoms with E-state index in [9.17, 15) is 9.59 Å². The van der Waals surface area contributed by atoms with Crippen molar-refractivity contribution in [3.63, 3.8) is 0 Å². The molecular weight excluding hydrogens is 435 g/mol. The van der Waals surface area contributed by atoms with Gasteiger partial charge in [0, 0.05) is 31.6 Å². The summed E-state index contributed by atoms with van der Waals surface area (Å²) in [6.45, 7) is 12.1. The van der Waals surface area contributed by atoms with Crippen LogP contribution in [0.15, 0.2) is 4.99 Å². The summed E-state index contributed by atoms with van der Waals surface area (Å²) in [4.78, 5) is 29.9. The minimum atomic E-state index is -0.237. The van der Waals surface area contributed by atoms with E-state index in [0.29, 0.717) is 19.0 Å². The standard InChI is InChI=1S/C17H32N4O3.HI/c1-6-18-17(19-9-7-15(22)24-13(4)5)20-14-8-10-21(11-14)16(23)12(2)3;/h12-14H,6-11H2,1-5H3,(H2,18,19,20);1H.